The summed E-state index contributed by atoms with van der Waals surface area (Å²) in [5.41, 5.74) is 6.18. The number of hydrogen-bond acceptors (Lipinski definition) is 6. The van der Waals surface area contributed by atoms with E-state index in [1.807, 2.05) is 6.07 Å². The number of aromatic nitrogens is 2. The molecular weight excluding hydrogens is 396 g/mol. The van der Waals surface area contributed by atoms with Crippen LogP contribution >= 0.6 is 0 Å². The SMILES string of the molecule is CC(C)OC(=O)C(Cn1cc(C#N)cn1)OC(=O)Nc1c2c(cc3c1CCC3)CCC2. The summed E-state index contributed by atoms with van der Waals surface area (Å²) in [6.45, 7) is 3.42. The fourth-order valence-electron chi connectivity index (χ4n) is 4.39. The van der Waals surface area contributed by atoms with Crippen LogP contribution in [0.1, 0.15) is 54.5 Å². The second kappa shape index (κ2) is 8.80. The molecule has 0 bridgehead atoms. The van der Waals surface area contributed by atoms with Gasteiger partial charge in [-0.25, -0.2) is 9.59 Å². The summed E-state index contributed by atoms with van der Waals surface area (Å²) in [5, 5.41) is 16.0. The van der Waals surface area contributed by atoms with Crippen LogP contribution in [0, 0.1) is 11.3 Å². The van der Waals surface area contributed by atoms with Crippen LogP contribution in [0.5, 0.6) is 0 Å². The minimum Gasteiger partial charge on any atom is -0.460 e. The molecule has 2 aliphatic carbocycles. The molecule has 1 N–H and O–H groups in total. The van der Waals surface area contributed by atoms with Crippen LogP contribution in [-0.2, 0) is 46.5 Å². The van der Waals surface area contributed by atoms with Crippen LogP contribution in [-0.4, -0.2) is 34.1 Å². The summed E-state index contributed by atoms with van der Waals surface area (Å²) in [6, 6.07) is 4.27. The van der Waals surface area contributed by atoms with Crippen molar-refractivity contribution in [3.63, 3.8) is 0 Å². The Balaban J connectivity index is 1.53. The Kier molecular flexibility index (Phi) is 5.94. The largest absolute Gasteiger partial charge is 0.460 e. The monoisotopic (exact) mass is 422 g/mol. The number of hydrogen-bond donors (Lipinski definition) is 1. The number of anilines is 1. The van der Waals surface area contributed by atoms with E-state index in [0.29, 0.717) is 5.56 Å². The predicted molar refractivity (Wildman–Crippen MR) is 113 cm³/mol. The molecule has 1 aromatic carbocycles. The Labute approximate surface area is 181 Å². The maximum atomic E-state index is 12.8. The lowest BCUT2D eigenvalue weighted by atomic mass is 9.99. The summed E-state index contributed by atoms with van der Waals surface area (Å²) in [4.78, 5) is 25.4. The van der Waals surface area contributed by atoms with Gasteiger partial charge in [0.15, 0.2) is 0 Å². The van der Waals surface area contributed by atoms with Gasteiger partial charge in [0.1, 0.15) is 6.07 Å². The van der Waals surface area contributed by atoms with E-state index < -0.39 is 18.2 Å². The predicted octanol–water partition coefficient (Wildman–Crippen LogP) is 3.30. The molecular formula is C23H26N4O4. The Bertz CT molecular complexity index is 1020. The Morgan fingerprint density at radius 2 is 1.84 bits per heavy atom. The van der Waals surface area contributed by atoms with Crippen LogP contribution in [0.3, 0.4) is 0 Å². The summed E-state index contributed by atoms with van der Waals surface area (Å²) in [5.74, 6) is -0.650. The van der Waals surface area contributed by atoms with Gasteiger partial charge in [0, 0.05) is 6.20 Å². The van der Waals surface area contributed by atoms with E-state index in [2.05, 4.69) is 16.5 Å². The molecule has 1 heterocycles. The fourth-order valence-corrected chi connectivity index (χ4v) is 4.39. The summed E-state index contributed by atoms with van der Waals surface area (Å²) >= 11 is 0. The van der Waals surface area contributed by atoms with Crippen LogP contribution < -0.4 is 5.32 Å². The lowest BCUT2D eigenvalue weighted by Gasteiger charge is -2.20. The minimum absolute atomic E-state index is 0.0361. The fraction of sp³-hybridized carbons (Fsp3) is 0.478. The molecule has 1 amide bonds. The molecule has 1 aromatic heterocycles. The second-order valence-corrected chi connectivity index (χ2v) is 8.30. The number of amides is 1. The first-order chi connectivity index (χ1) is 14.9. The first-order valence-corrected chi connectivity index (χ1v) is 10.7. The molecule has 0 saturated carbocycles. The third kappa shape index (κ3) is 4.55. The summed E-state index contributed by atoms with van der Waals surface area (Å²) in [7, 11) is 0. The summed E-state index contributed by atoms with van der Waals surface area (Å²) < 4.78 is 12.2. The van der Waals surface area contributed by atoms with Crippen molar-refractivity contribution >= 4 is 17.7 Å². The highest BCUT2D eigenvalue weighted by Gasteiger charge is 2.29. The van der Waals surface area contributed by atoms with Gasteiger partial charge in [-0.05, 0) is 74.6 Å². The number of aryl methyl sites for hydroxylation is 2. The summed E-state index contributed by atoms with van der Waals surface area (Å²) in [6.07, 6.45) is 6.73. The number of carbonyl (C=O) groups is 2. The van der Waals surface area contributed by atoms with Gasteiger partial charge >= 0.3 is 12.1 Å². The van der Waals surface area contributed by atoms with Crippen molar-refractivity contribution in [2.24, 2.45) is 0 Å². The second-order valence-electron chi connectivity index (χ2n) is 8.30. The molecule has 2 aromatic rings. The molecule has 1 atom stereocenters. The molecule has 0 spiro atoms. The number of rotatable bonds is 6. The normalized spacial score (nSPS) is 15.2. The Morgan fingerprint density at radius 3 is 2.42 bits per heavy atom. The molecule has 0 saturated heterocycles. The molecule has 162 valence electrons. The van der Waals surface area contributed by atoms with E-state index >= 15 is 0 Å². The lowest BCUT2D eigenvalue weighted by Crippen LogP contribution is -2.36. The quantitative estimate of drug-likeness (QED) is 0.716. The van der Waals surface area contributed by atoms with E-state index in [4.69, 9.17) is 14.7 Å². The average molecular weight is 422 g/mol. The van der Waals surface area contributed by atoms with Gasteiger partial charge in [-0.1, -0.05) is 6.07 Å². The standard InChI is InChI=1S/C23H26N4O4/c1-14(2)30-22(28)20(13-27-12-15(10-24)11-25-27)31-23(29)26-21-18-7-3-5-16(18)9-17-6-4-8-19(17)21/h9,11-12,14,20H,3-8,13H2,1-2H3,(H,26,29). The highest BCUT2D eigenvalue weighted by atomic mass is 16.6. The van der Waals surface area contributed by atoms with E-state index in [0.717, 1.165) is 44.2 Å². The number of nitrogens with zero attached hydrogens (tertiary/aromatic N) is 3. The molecule has 31 heavy (non-hydrogen) atoms. The van der Waals surface area contributed by atoms with Gasteiger partial charge in [0.2, 0.25) is 6.10 Å². The van der Waals surface area contributed by atoms with Crippen molar-refractivity contribution in [2.75, 3.05) is 5.32 Å². The molecule has 1 unspecified atom stereocenters. The Morgan fingerprint density at radius 1 is 1.16 bits per heavy atom. The zero-order valence-electron chi connectivity index (χ0n) is 17.8. The number of benzene rings is 1. The molecule has 8 nitrogen and oxygen atoms in total. The third-order valence-electron chi connectivity index (χ3n) is 5.68. The van der Waals surface area contributed by atoms with Crippen molar-refractivity contribution in [2.45, 2.75) is 71.1 Å². The number of ether oxygens (including phenoxy) is 2. The van der Waals surface area contributed by atoms with E-state index in [1.54, 1.807) is 13.8 Å². The van der Waals surface area contributed by atoms with Crippen molar-refractivity contribution in [1.82, 2.24) is 9.78 Å². The van der Waals surface area contributed by atoms with Gasteiger partial charge in [-0.15, -0.1) is 0 Å². The smallest absolute Gasteiger partial charge is 0.412 e. The molecule has 0 radical (unpaired) electrons. The number of nitriles is 1. The third-order valence-corrected chi connectivity index (χ3v) is 5.68. The van der Waals surface area contributed by atoms with Crippen molar-refractivity contribution < 1.29 is 19.1 Å². The van der Waals surface area contributed by atoms with Gasteiger partial charge in [0.05, 0.1) is 30.1 Å². The highest BCUT2D eigenvalue weighted by molar-refractivity contribution is 5.90. The van der Waals surface area contributed by atoms with Crippen molar-refractivity contribution in [1.29, 1.82) is 5.26 Å². The Hall–Kier alpha value is -3.34. The number of esters is 1. The zero-order valence-corrected chi connectivity index (χ0v) is 17.8. The topological polar surface area (TPSA) is 106 Å². The average Bonchev–Trinajstić information content (AvgIpc) is 3.47. The van der Waals surface area contributed by atoms with Crippen LogP contribution in [0.25, 0.3) is 0 Å². The van der Waals surface area contributed by atoms with E-state index in [9.17, 15) is 9.59 Å². The van der Waals surface area contributed by atoms with Crippen LogP contribution in [0.15, 0.2) is 18.5 Å². The van der Waals surface area contributed by atoms with Crippen LogP contribution in [0.2, 0.25) is 0 Å². The van der Waals surface area contributed by atoms with Crippen molar-refractivity contribution in [3.8, 4) is 6.07 Å². The maximum Gasteiger partial charge on any atom is 0.412 e. The first kappa shape index (κ1) is 20.9. The first-order valence-electron chi connectivity index (χ1n) is 10.7. The highest BCUT2D eigenvalue weighted by Crippen LogP contribution is 2.38. The lowest BCUT2D eigenvalue weighted by molar-refractivity contribution is -0.158. The maximum absolute atomic E-state index is 12.8. The van der Waals surface area contributed by atoms with E-state index in [-0.39, 0.29) is 12.6 Å². The van der Waals surface area contributed by atoms with Crippen molar-refractivity contribution in [3.05, 3.63) is 46.3 Å². The zero-order chi connectivity index (χ0) is 22.0. The molecule has 0 fully saturated rings. The molecule has 4 rings (SSSR count). The van der Waals surface area contributed by atoms with Gasteiger partial charge in [0.25, 0.3) is 0 Å². The van der Waals surface area contributed by atoms with Crippen LogP contribution in [0.4, 0.5) is 10.5 Å². The van der Waals surface area contributed by atoms with E-state index in [1.165, 1.54) is 39.3 Å². The minimum atomic E-state index is -1.18. The van der Waals surface area contributed by atoms with Gasteiger partial charge in [-0.2, -0.15) is 10.4 Å². The van der Waals surface area contributed by atoms with Gasteiger partial charge in [-0.3, -0.25) is 10.00 Å². The molecule has 0 aliphatic heterocycles. The number of fused-ring (bicyclic) bond motifs is 2. The number of carbonyl (C=O) groups excluding carboxylic acids is 2. The number of nitrogens with one attached hydrogen (secondary N) is 1. The van der Waals surface area contributed by atoms with Gasteiger partial charge < -0.3 is 9.47 Å². The molecule has 8 heteroatoms. The molecule has 2 aliphatic rings.